The fraction of sp³-hybridized carbons (Fsp3) is 0.448. The van der Waals surface area contributed by atoms with Gasteiger partial charge in [-0.15, -0.1) is 5.92 Å². The Bertz CT molecular complexity index is 1240. The number of benzene rings is 2. The van der Waals surface area contributed by atoms with Crippen LogP contribution < -0.4 is 5.73 Å². The molecule has 5 nitrogen and oxygen atoms in total. The van der Waals surface area contributed by atoms with Crippen molar-refractivity contribution in [1.29, 1.82) is 0 Å². The van der Waals surface area contributed by atoms with Gasteiger partial charge < -0.3 is 10.2 Å². The summed E-state index contributed by atoms with van der Waals surface area (Å²) in [4.78, 5) is 0.277. The number of para-hydroxylation sites is 1. The lowest BCUT2D eigenvalue weighted by Gasteiger charge is -2.38. The molecule has 0 amide bonds. The molecule has 2 aromatic rings. The summed E-state index contributed by atoms with van der Waals surface area (Å²) < 4.78 is 34.7. The molecule has 7 heteroatoms. The van der Waals surface area contributed by atoms with Gasteiger partial charge in [-0.05, 0) is 69.1 Å². The SMILES string of the molecule is CC#CCN(CCCC(C#Cc1ccccc1N)O[Si](C)(C)C(C)(C)C)S(=O)(=O)c1ccc(C)cc1. The highest BCUT2D eigenvalue weighted by molar-refractivity contribution is 7.89. The first-order chi connectivity index (χ1) is 16.8. The van der Waals surface area contributed by atoms with E-state index in [-0.39, 0.29) is 22.6 Å². The molecular formula is C29H40N2O3SSi. The second kappa shape index (κ2) is 12.6. The summed E-state index contributed by atoms with van der Waals surface area (Å²) in [6.07, 6.45) is 0.868. The molecule has 2 aromatic carbocycles. The number of hydrogen-bond donors (Lipinski definition) is 1. The molecule has 0 bridgehead atoms. The Hall–Kier alpha value is -2.55. The van der Waals surface area contributed by atoms with Crippen LogP contribution in [0, 0.1) is 30.6 Å². The van der Waals surface area contributed by atoms with Crippen LogP contribution in [0.15, 0.2) is 53.4 Å². The number of nitrogens with zero attached hydrogens (tertiary/aromatic N) is 1. The molecule has 36 heavy (non-hydrogen) atoms. The van der Waals surface area contributed by atoms with Gasteiger partial charge >= 0.3 is 0 Å². The molecule has 1 atom stereocenters. The van der Waals surface area contributed by atoms with Gasteiger partial charge in [-0.2, -0.15) is 4.31 Å². The zero-order chi connectivity index (χ0) is 27.0. The smallest absolute Gasteiger partial charge is 0.243 e. The molecule has 0 radical (unpaired) electrons. The fourth-order valence-corrected chi connectivity index (χ4v) is 5.85. The van der Waals surface area contributed by atoms with Gasteiger partial charge in [0.2, 0.25) is 10.0 Å². The summed E-state index contributed by atoms with van der Waals surface area (Å²) in [6, 6.07) is 14.4. The first kappa shape index (κ1) is 29.7. The third-order valence-electron chi connectivity index (χ3n) is 6.54. The van der Waals surface area contributed by atoms with Gasteiger partial charge in [0.05, 0.1) is 11.4 Å². The van der Waals surface area contributed by atoms with Gasteiger partial charge in [0.25, 0.3) is 0 Å². The molecule has 0 saturated carbocycles. The molecular weight excluding hydrogens is 484 g/mol. The van der Waals surface area contributed by atoms with Crippen molar-refractivity contribution < 1.29 is 12.8 Å². The van der Waals surface area contributed by atoms with Gasteiger partial charge in [-0.1, -0.05) is 68.4 Å². The van der Waals surface area contributed by atoms with Crippen LogP contribution in [0.25, 0.3) is 0 Å². The van der Waals surface area contributed by atoms with Gasteiger partial charge in [0.1, 0.15) is 6.10 Å². The van der Waals surface area contributed by atoms with Crippen molar-refractivity contribution in [3.05, 3.63) is 59.7 Å². The highest BCUT2D eigenvalue weighted by Gasteiger charge is 2.39. The summed E-state index contributed by atoms with van der Waals surface area (Å²) >= 11 is 0. The zero-order valence-electron chi connectivity index (χ0n) is 22.7. The van der Waals surface area contributed by atoms with Gasteiger partial charge in [-0.25, -0.2) is 8.42 Å². The highest BCUT2D eigenvalue weighted by atomic mass is 32.2. The molecule has 0 spiro atoms. The number of nitrogens with two attached hydrogens (primary N) is 1. The molecule has 0 fully saturated rings. The minimum atomic E-state index is -3.66. The van der Waals surface area contributed by atoms with E-state index in [2.05, 4.69) is 57.5 Å². The number of nitrogen functional groups attached to an aromatic ring is 1. The van der Waals surface area contributed by atoms with Crippen LogP contribution in [0.4, 0.5) is 5.69 Å². The van der Waals surface area contributed by atoms with Crippen LogP contribution in [0.2, 0.25) is 18.1 Å². The molecule has 0 heterocycles. The summed E-state index contributed by atoms with van der Waals surface area (Å²) in [5.74, 6) is 12.2. The largest absolute Gasteiger partial charge is 0.403 e. The molecule has 0 aliphatic heterocycles. The quantitative estimate of drug-likeness (QED) is 0.255. The Morgan fingerprint density at radius 1 is 1.08 bits per heavy atom. The predicted octanol–water partition coefficient (Wildman–Crippen LogP) is 5.81. The lowest BCUT2D eigenvalue weighted by Crippen LogP contribution is -2.43. The first-order valence-electron chi connectivity index (χ1n) is 12.3. The van der Waals surface area contributed by atoms with E-state index in [1.807, 2.05) is 43.3 Å². The summed E-state index contributed by atoms with van der Waals surface area (Å²) in [7, 11) is -5.76. The molecule has 2 N–H and O–H groups in total. The maximum atomic E-state index is 13.3. The maximum Gasteiger partial charge on any atom is 0.243 e. The molecule has 1 unspecified atom stereocenters. The van der Waals surface area contributed by atoms with Crippen molar-refractivity contribution in [3.8, 4) is 23.7 Å². The van der Waals surface area contributed by atoms with E-state index in [4.69, 9.17) is 10.2 Å². The van der Waals surface area contributed by atoms with Gasteiger partial charge in [-0.3, -0.25) is 0 Å². The summed E-state index contributed by atoms with van der Waals surface area (Å²) in [5, 5.41) is 0.0240. The van der Waals surface area contributed by atoms with Gasteiger partial charge in [0.15, 0.2) is 8.32 Å². The van der Waals surface area contributed by atoms with Crippen LogP contribution >= 0.6 is 0 Å². The van der Waals surface area contributed by atoms with Crippen LogP contribution in [0.5, 0.6) is 0 Å². The van der Waals surface area contributed by atoms with Crippen molar-refractivity contribution in [1.82, 2.24) is 4.31 Å². The van der Waals surface area contributed by atoms with E-state index in [1.165, 1.54) is 4.31 Å². The zero-order valence-corrected chi connectivity index (χ0v) is 24.5. The van der Waals surface area contributed by atoms with Gasteiger partial charge in [0, 0.05) is 17.8 Å². The number of anilines is 1. The van der Waals surface area contributed by atoms with Crippen molar-refractivity contribution in [2.75, 3.05) is 18.8 Å². The van der Waals surface area contributed by atoms with Crippen molar-refractivity contribution >= 4 is 24.0 Å². The Labute approximate surface area is 219 Å². The van der Waals surface area contributed by atoms with E-state index in [0.717, 1.165) is 11.1 Å². The lowest BCUT2D eigenvalue weighted by atomic mass is 10.1. The highest BCUT2D eigenvalue weighted by Crippen LogP contribution is 2.37. The second-order valence-electron chi connectivity index (χ2n) is 10.4. The van der Waals surface area contributed by atoms with Crippen LogP contribution in [-0.2, 0) is 14.4 Å². The normalized spacial score (nSPS) is 12.9. The molecule has 0 aliphatic rings. The van der Waals surface area contributed by atoms with Crippen molar-refractivity contribution in [2.45, 2.75) is 76.6 Å². The first-order valence-corrected chi connectivity index (χ1v) is 16.6. The minimum absolute atomic E-state index is 0.0240. The monoisotopic (exact) mass is 524 g/mol. The average molecular weight is 525 g/mol. The van der Waals surface area contributed by atoms with Crippen LogP contribution in [0.3, 0.4) is 0 Å². The summed E-state index contributed by atoms with van der Waals surface area (Å²) in [6.45, 7) is 15.1. The minimum Gasteiger partial charge on any atom is -0.403 e. The van der Waals surface area contributed by atoms with E-state index in [9.17, 15) is 8.42 Å². The topological polar surface area (TPSA) is 72.6 Å². The Kier molecular flexibility index (Phi) is 10.4. The van der Waals surface area contributed by atoms with E-state index in [0.29, 0.717) is 25.1 Å². The molecule has 0 aliphatic carbocycles. The van der Waals surface area contributed by atoms with Crippen LogP contribution in [-0.4, -0.2) is 40.2 Å². The Balaban J connectivity index is 2.25. The molecule has 0 saturated heterocycles. The Morgan fingerprint density at radius 3 is 2.31 bits per heavy atom. The second-order valence-corrected chi connectivity index (χ2v) is 17.1. The third kappa shape index (κ3) is 8.25. The molecule has 2 rings (SSSR count). The third-order valence-corrected chi connectivity index (χ3v) is 12.9. The van der Waals surface area contributed by atoms with E-state index >= 15 is 0 Å². The van der Waals surface area contributed by atoms with E-state index in [1.54, 1.807) is 19.1 Å². The summed E-state index contributed by atoms with van der Waals surface area (Å²) in [5.41, 5.74) is 8.49. The molecule has 194 valence electrons. The number of aryl methyl sites for hydroxylation is 1. The van der Waals surface area contributed by atoms with Crippen molar-refractivity contribution in [3.63, 3.8) is 0 Å². The van der Waals surface area contributed by atoms with Crippen molar-refractivity contribution in [2.24, 2.45) is 0 Å². The molecule has 0 aromatic heterocycles. The number of hydrogen-bond acceptors (Lipinski definition) is 4. The Morgan fingerprint density at radius 2 is 1.72 bits per heavy atom. The number of sulfonamides is 1. The maximum absolute atomic E-state index is 13.3. The van der Waals surface area contributed by atoms with Crippen LogP contribution in [0.1, 0.15) is 51.7 Å². The lowest BCUT2D eigenvalue weighted by molar-refractivity contribution is 0.217. The number of rotatable bonds is 9. The van der Waals surface area contributed by atoms with E-state index < -0.39 is 18.3 Å². The fourth-order valence-electron chi connectivity index (χ4n) is 3.23. The predicted molar refractivity (Wildman–Crippen MR) is 152 cm³/mol. The average Bonchev–Trinajstić information content (AvgIpc) is 2.79. The standard InChI is InChI=1S/C29H40N2O3SSi/c1-8-9-22-31(35(32,33)27-20-16-24(2)17-21-27)23-12-14-26(34-36(6,7)29(3,4)5)19-18-25-13-10-11-15-28(25)30/h10-11,13,15-17,20-21,26H,12,14,22-23,30H2,1-7H3.